The molecule has 0 radical (unpaired) electrons. The summed E-state index contributed by atoms with van der Waals surface area (Å²) in [7, 11) is 1.92. The summed E-state index contributed by atoms with van der Waals surface area (Å²) in [5, 5.41) is 8.56. The summed E-state index contributed by atoms with van der Waals surface area (Å²) in [6, 6.07) is 0. The van der Waals surface area contributed by atoms with E-state index in [4.69, 9.17) is 0 Å². The Kier molecular flexibility index (Phi) is 4.89. The number of nitrogens with one attached hydrogen (secondary N) is 1. The molecule has 0 bridgehead atoms. The topological polar surface area (TPSA) is 58.9 Å². The molecule has 110 valence electrons. The predicted octanol–water partition coefficient (Wildman–Crippen LogP) is 2.03. The molecule has 6 heteroatoms. The third-order valence-electron chi connectivity index (χ3n) is 3.33. The third kappa shape index (κ3) is 3.07. The van der Waals surface area contributed by atoms with E-state index in [0.717, 1.165) is 55.3 Å². The summed E-state index contributed by atoms with van der Waals surface area (Å²) in [5.74, 6) is 1.74. The molecule has 0 unspecified atom stereocenters. The molecule has 0 fully saturated rings. The van der Waals surface area contributed by atoms with Gasteiger partial charge in [0, 0.05) is 13.6 Å². The van der Waals surface area contributed by atoms with Crippen LogP contribution in [0.5, 0.6) is 0 Å². The van der Waals surface area contributed by atoms with Gasteiger partial charge in [-0.2, -0.15) is 5.10 Å². The van der Waals surface area contributed by atoms with Crippen molar-refractivity contribution in [1.29, 1.82) is 0 Å². The van der Waals surface area contributed by atoms with Gasteiger partial charge in [0.15, 0.2) is 5.65 Å². The highest BCUT2D eigenvalue weighted by atomic mass is 15.3. The number of aromatic nitrogens is 4. The smallest absolute Gasteiger partial charge is 0.163 e. The van der Waals surface area contributed by atoms with Crippen LogP contribution in [0, 0.1) is 0 Å². The van der Waals surface area contributed by atoms with Crippen LogP contribution in [0.15, 0.2) is 6.20 Å². The molecule has 0 aliphatic carbocycles. The van der Waals surface area contributed by atoms with Crippen molar-refractivity contribution in [3.63, 3.8) is 0 Å². The lowest BCUT2D eigenvalue weighted by molar-refractivity contribution is 0.274. The number of fused-ring (bicyclic) bond motifs is 1. The minimum absolute atomic E-state index is 0.782. The molecule has 6 nitrogen and oxygen atoms in total. The van der Waals surface area contributed by atoms with Crippen molar-refractivity contribution in [2.24, 2.45) is 7.05 Å². The fourth-order valence-electron chi connectivity index (χ4n) is 2.31. The van der Waals surface area contributed by atoms with Gasteiger partial charge in [0.25, 0.3) is 0 Å². The monoisotopic (exact) mass is 276 g/mol. The summed E-state index contributed by atoms with van der Waals surface area (Å²) in [4.78, 5) is 11.7. The molecule has 0 atom stereocenters. The molecular formula is C14H24N6. The fourth-order valence-corrected chi connectivity index (χ4v) is 2.31. The van der Waals surface area contributed by atoms with Crippen LogP contribution in [0.1, 0.15) is 33.0 Å². The summed E-state index contributed by atoms with van der Waals surface area (Å²) < 4.78 is 1.80. The summed E-state index contributed by atoms with van der Waals surface area (Å²) in [6.45, 7) is 10.1. The molecule has 20 heavy (non-hydrogen) atoms. The molecule has 0 aromatic carbocycles. The first-order valence-corrected chi connectivity index (χ1v) is 7.34. The Hall–Kier alpha value is -1.69. The van der Waals surface area contributed by atoms with E-state index in [1.807, 2.05) is 13.2 Å². The highest BCUT2D eigenvalue weighted by Crippen LogP contribution is 2.19. The van der Waals surface area contributed by atoms with Gasteiger partial charge in [0.1, 0.15) is 11.6 Å². The van der Waals surface area contributed by atoms with Gasteiger partial charge in [-0.15, -0.1) is 0 Å². The largest absolute Gasteiger partial charge is 0.370 e. The molecule has 2 heterocycles. The van der Waals surface area contributed by atoms with Crippen molar-refractivity contribution >= 4 is 16.9 Å². The molecule has 0 saturated heterocycles. The van der Waals surface area contributed by atoms with Crippen LogP contribution in [0.2, 0.25) is 0 Å². The van der Waals surface area contributed by atoms with Crippen molar-refractivity contribution in [3.8, 4) is 0 Å². The van der Waals surface area contributed by atoms with E-state index < -0.39 is 0 Å². The Bertz CT molecular complexity index is 562. The molecular weight excluding hydrogens is 252 g/mol. The van der Waals surface area contributed by atoms with E-state index >= 15 is 0 Å². The zero-order chi connectivity index (χ0) is 14.5. The van der Waals surface area contributed by atoms with Gasteiger partial charge in [0.05, 0.1) is 18.1 Å². The van der Waals surface area contributed by atoms with Crippen molar-refractivity contribution < 1.29 is 0 Å². The second kappa shape index (κ2) is 6.65. The number of hydrogen-bond acceptors (Lipinski definition) is 5. The maximum Gasteiger partial charge on any atom is 0.163 e. The average Bonchev–Trinajstić information content (AvgIpc) is 2.81. The van der Waals surface area contributed by atoms with E-state index in [9.17, 15) is 0 Å². The second-order valence-corrected chi connectivity index (χ2v) is 4.89. The molecule has 0 aliphatic heterocycles. The SMILES string of the molecule is CCCN(CC)Cc1nc(NCC)c2cnn(C)c2n1. The Morgan fingerprint density at radius 1 is 1.25 bits per heavy atom. The van der Waals surface area contributed by atoms with Gasteiger partial charge < -0.3 is 5.32 Å². The molecule has 2 aromatic rings. The Balaban J connectivity index is 2.35. The zero-order valence-electron chi connectivity index (χ0n) is 12.8. The van der Waals surface area contributed by atoms with Crippen LogP contribution in [-0.4, -0.2) is 44.3 Å². The molecule has 0 amide bonds. The van der Waals surface area contributed by atoms with E-state index in [0.29, 0.717) is 0 Å². The lowest BCUT2D eigenvalue weighted by Gasteiger charge is -2.18. The Morgan fingerprint density at radius 3 is 2.70 bits per heavy atom. The van der Waals surface area contributed by atoms with Gasteiger partial charge in [-0.25, -0.2) is 9.97 Å². The Morgan fingerprint density at radius 2 is 2.05 bits per heavy atom. The van der Waals surface area contributed by atoms with E-state index in [1.54, 1.807) is 4.68 Å². The lowest BCUT2D eigenvalue weighted by Crippen LogP contribution is -2.25. The van der Waals surface area contributed by atoms with Gasteiger partial charge >= 0.3 is 0 Å². The van der Waals surface area contributed by atoms with Crippen molar-refractivity contribution in [3.05, 3.63) is 12.0 Å². The van der Waals surface area contributed by atoms with E-state index in [1.165, 1.54) is 0 Å². The first-order chi connectivity index (χ1) is 9.69. The molecule has 0 saturated carbocycles. The summed E-state index contributed by atoms with van der Waals surface area (Å²) >= 11 is 0. The molecule has 0 aliphatic rings. The first kappa shape index (κ1) is 14.7. The van der Waals surface area contributed by atoms with Gasteiger partial charge in [-0.3, -0.25) is 9.58 Å². The number of rotatable bonds is 7. The normalized spacial score (nSPS) is 11.4. The maximum absolute atomic E-state index is 4.66. The van der Waals surface area contributed by atoms with Gasteiger partial charge in [0.2, 0.25) is 0 Å². The standard InChI is InChI=1S/C14H24N6/c1-5-8-20(7-3)10-12-17-13(15-6-2)11-9-16-19(4)14(11)18-12/h9H,5-8,10H2,1-4H3,(H,15,17,18). The number of nitrogens with zero attached hydrogens (tertiary/aromatic N) is 5. The number of aryl methyl sites for hydroxylation is 1. The minimum Gasteiger partial charge on any atom is -0.370 e. The van der Waals surface area contributed by atoms with Crippen molar-refractivity contribution in [2.75, 3.05) is 25.0 Å². The predicted molar refractivity (Wildman–Crippen MR) is 81.7 cm³/mol. The highest BCUT2D eigenvalue weighted by molar-refractivity contribution is 5.86. The average molecular weight is 276 g/mol. The van der Waals surface area contributed by atoms with Crippen LogP contribution < -0.4 is 5.32 Å². The quantitative estimate of drug-likeness (QED) is 0.838. The molecule has 2 aromatic heterocycles. The van der Waals surface area contributed by atoms with Crippen LogP contribution in [0.4, 0.5) is 5.82 Å². The summed E-state index contributed by atoms with van der Waals surface area (Å²) in [5.41, 5.74) is 0.888. The summed E-state index contributed by atoms with van der Waals surface area (Å²) in [6.07, 6.45) is 2.96. The lowest BCUT2D eigenvalue weighted by atomic mass is 10.3. The van der Waals surface area contributed by atoms with Crippen LogP contribution in [0.25, 0.3) is 11.0 Å². The molecule has 0 spiro atoms. The Labute approximate surface area is 120 Å². The van der Waals surface area contributed by atoms with Crippen molar-refractivity contribution in [1.82, 2.24) is 24.6 Å². The highest BCUT2D eigenvalue weighted by Gasteiger charge is 2.12. The van der Waals surface area contributed by atoms with Gasteiger partial charge in [-0.1, -0.05) is 13.8 Å². The van der Waals surface area contributed by atoms with E-state index in [2.05, 4.69) is 46.1 Å². The fraction of sp³-hybridized carbons (Fsp3) is 0.643. The molecule has 1 N–H and O–H groups in total. The van der Waals surface area contributed by atoms with Crippen LogP contribution in [0.3, 0.4) is 0 Å². The van der Waals surface area contributed by atoms with Gasteiger partial charge in [-0.05, 0) is 26.4 Å². The molecule has 2 rings (SSSR count). The maximum atomic E-state index is 4.66. The minimum atomic E-state index is 0.782. The first-order valence-electron chi connectivity index (χ1n) is 7.34. The van der Waals surface area contributed by atoms with E-state index in [-0.39, 0.29) is 0 Å². The second-order valence-electron chi connectivity index (χ2n) is 4.89. The zero-order valence-corrected chi connectivity index (χ0v) is 12.8. The van der Waals surface area contributed by atoms with Crippen LogP contribution in [-0.2, 0) is 13.6 Å². The number of hydrogen-bond donors (Lipinski definition) is 1. The van der Waals surface area contributed by atoms with Crippen molar-refractivity contribution in [2.45, 2.75) is 33.7 Å². The van der Waals surface area contributed by atoms with Crippen LogP contribution >= 0.6 is 0 Å². The third-order valence-corrected chi connectivity index (χ3v) is 3.33. The number of anilines is 1.